The van der Waals surface area contributed by atoms with E-state index in [-0.39, 0.29) is 50.1 Å². The van der Waals surface area contributed by atoms with Gasteiger partial charge in [-0.2, -0.15) is 0 Å². The number of nitro groups is 1. The van der Waals surface area contributed by atoms with E-state index in [2.05, 4.69) is 20.6 Å². The van der Waals surface area contributed by atoms with Gasteiger partial charge < -0.3 is 30.1 Å². The molecule has 4 rings (SSSR count). The predicted molar refractivity (Wildman–Crippen MR) is 145 cm³/mol. The van der Waals surface area contributed by atoms with E-state index in [4.69, 9.17) is 39.5 Å². The molecule has 3 heterocycles. The second-order valence-electron chi connectivity index (χ2n) is 7.74. The van der Waals surface area contributed by atoms with E-state index in [0.29, 0.717) is 16.4 Å². The fourth-order valence-corrected chi connectivity index (χ4v) is 4.98. The van der Waals surface area contributed by atoms with Gasteiger partial charge in [0, 0.05) is 29.8 Å². The largest absolute Gasteiger partial charge is 0.494 e. The first-order chi connectivity index (χ1) is 18.1. The quantitative estimate of drug-likeness (QED) is 0.186. The van der Waals surface area contributed by atoms with Gasteiger partial charge in [-0.3, -0.25) is 9.59 Å². The van der Waals surface area contributed by atoms with Crippen molar-refractivity contribution in [2.45, 2.75) is 13.5 Å². The number of hydrogen-bond acceptors (Lipinski definition) is 8. The van der Waals surface area contributed by atoms with Crippen LogP contribution in [0.4, 0.5) is 17.3 Å². The number of hydrogen-bond donors (Lipinski definition) is 2. The van der Waals surface area contributed by atoms with Crippen molar-refractivity contribution in [1.82, 2.24) is 14.5 Å². The van der Waals surface area contributed by atoms with Crippen LogP contribution in [0.5, 0.6) is 5.75 Å². The molecule has 0 radical (unpaired) electrons. The van der Waals surface area contributed by atoms with Gasteiger partial charge in [0.25, 0.3) is 11.8 Å². The minimum absolute atomic E-state index is 0.0219. The molecule has 4 aromatic rings. The van der Waals surface area contributed by atoms with E-state index >= 15 is 0 Å². The third-order valence-electron chi connectivity index (χ3n) is 5.24. The standard InChI is InChI=1S/C23H17Cl3N6O5S/c1-11-28-18(32(35)36)9-31(11)8-12-10-38-21(19(12)26)23(34)30-20-15(5-14(25)6-16(20)37-2)22(33)29-17-4-3-13(24)7-27-17/h3-7,9-10H,8H2,1-2H3,(H,30,34)(H,27,29,33). The van der Waals surface area contributed by atoms with Gasteiger partial charge in [-0.1, -0.05) is 34.8 Å². The Bertz CT molecular complexity index is 1550. The molecule has 0 unspecified atom stereocenters. The fourth-order valence-electron chi connectivity index (χ4n) is 3.42. The molecule has 0 bridgehead atoms. The summed E-state index contributed by atoms with van der Waals surface area (Å²) in [5.41, 5.74) is 0.654. The Labute approximate surface area is 234 Å². The lowest BCUT2D eigenvalue weighted by molar-refractivity contribution is -0.389. The summed E-state index contributed by atoms with van der Waals surface area (Å²) in [6.07, 6.45) is 2.67. The number of aryl methyl sites for hydroxylation is 1. The number of nitrogens with one attached hydrogen (secondary N) is 2. The monoisotopic (exact) mass is 594 g/mol. The van der Waals surface area contributed by atoms with Crippen LogP contribution in [0.3, 0.4) is 0 Å². The van der Waals surface area contributed by atoms with Gasteiger partial charge in [-0.25, -0.2) is 4.98 Å². The van der Waals surface area contributed by atoms with Crippen LogP contribution in [0, 0.1) is 17.0 Å². The predicted octanol–water partition coefficient (Wildman–Crippen LogP) is 6.08. The van der Waals surface area contributed by atoms with Crippen molar-refractivity contribution in [3.05, 3.63) is 89.0 Å². The van der Waals surface area contributed by atoms with Gasteiger partial charge in [-0.05, 0) is 33.5 Å². The van der Waals surface area contributed by atoms with Crippen molar-refractivity contribution in [3.63, 3.8) is 0 Å². The molecule has 1 aromatic carbocycles. The molecule has 2 amide bonds. The number of imidazole rings is 1. The van der Waals surface area contributed by atoms with E-state index < -0.39 is 16.7 Å². The first-order valence-electron chi connectivity index (χ1n) is 10.6. The molecule has 0 saturated carbocycles. The highest BCUT2D eigenvalue weighted by atomic mass is 35.5. The van der Waals surface area contributed by atoms with Crippen molar-refractivity contribution in [3.8, 4) is 5.75 Å². The molecular formula is C23H17Cl3N6O5S. The van der Waals surface area contributed by atoms with Crippen molar-refractivity contribution in [2.24, 2.45) is 0 Å². The van der Waals surface area contributed by atoms with Crippen LogP contribution < -0.4 is 15.4 Å². The maximum atomic E-state index is 13.2. The number of amides is 2. The number of aromatic nitrogens is 3. The zero-order valence-electron chi connectivity index (χ0n) is 19.6. The Balaban J connectivity index is 1.61. The third-order valence-corrected chi connectivity index (χ3v) is 7.25. The molecule has 0 aliphatic carbocycles. The van der Waals surface area contributed by atoms with E-state index in [0.717, 1.165) is 11.3 Å². The highest BCUT2D eigenvalue weighted by molar-refractivity contribution is 7.13. The molecule has 15 heteroatoms. The number of pyridine rings is 1. The van der Waals surface area contributed by atoms with Gasteiger partial charge >= 0.3 is 5.82 Å². The molecule has 0 aliphatic rings. The lowest BCUT2D eigenvalue weighted by atomic mass is 10.1. The highest BCUT2D eigenvalue weighted by Gasteiger charge is 2.24. The average Bonchev–Trinajstić information content (AvgIpc) is 3.43. The maximum absolute atomic E-state index is 13.2. The third kappa shape index (κ3) is 5.89. The van der Waals surface area contributed by atoms with Crippen molar-refractivity contribution >= 4 is 75.3 Å². The molecule has 0 spiro atoms. The number of nitrogens with zero attached hydrogens (tertiary/aromatic N) is 4. The SMILES string of the molecule is COc1cc(Cl)cc(C(=O)Nc2ccc(Cl)cn2)c1NC(=O)c1scc(Cn2cc([N+](=O)[O-])nc2C)c1Cl. The van der Waals surface area contributed by atoms with E-state index in [1.165, 1.54) is 37.7 Å². The van der Waals surface area contributed by atoms with Crippen LogP contribution in [0.2, 0.25) is 15.1 Å². The first-order valence-corrected chi connectivity index (χ1v) is 12.6. The topological polar surface area (TPSA) is 141 Å². The molecule has 196 valence electrons. The van der Waals surface area contributed by atoms with Crippen molar-refractivity contribution in [1.29, 1.82) is 0 Å². The molecule has 3 aromatic heterocycles. The van der Waals surface area contributed by atoms with Gasteiger partial charge in [0.2, 0.25) is 5.82 Å². The lowest BCUT2D eigenvalue weighted by Crippen LogP contribution is -2.19. The van der Waals surface area contributed by atoms with Gasteiger partial charge in [0.05, 0.1) is 35.0 Å². The smallest absolute Gasteiger partial charge is 0.381 e. The van der Waals surface area contributed by atoms with E-state index in [1.807, 2.05) is 0 Å². The molecular weight excluding hydrogens is 579 g/mol. The Kier molecular flexibility index (Phi) is 8.17. The fraction of sp³-hybridized carbons (Fsp3) is 0.130. The summed E-state index contributed by atoms with van der Waals surface area (Å²) in [6, 6.07) is 5.90. The van der Waals surface area contributed by atoms with Gasteiger partial charge in [0.1, 0.15) is 22.6 Å². The Morgan fingerprint density at radius 3 is 2.55 bits per heavy atom. The van der Waals surface area contributed by atoms with E-state index in [9.17, 15) is 19.7 Å². The zero-order chi connectivity index (χ0) is 27.6. The average molecular weight is 596 g/mol. The van der Waals surface area contributed by atoms with Gasteiger partial charge in [0.15, 0.2) is 0 Å². The van der Waals surface area contributed by atoms with Crippen LogP contribution in [-0.2, 0) is 6.54 Å². The normalized spacial score (nSPS) is 10.8. The highest BCUT2D eigenvalue weighted by Crippen LogP contribution is 2.35. The van der Waals surface area contributed by atoms with Crippen molar-refractivity contribution in [2.75, 3.05) is 17.7 Å². The molecule has 11 nitrogen and oxygen atoms in total. The Morgan fingerprint density at radius 2 is 1.92 bits per heavy atom. The Morgan fingerprint density at radius 1 is 1.16 bits per heavy atom. The summed E-state index contributed by atoms with van der Waals surface area (Å²) in [5.74, 6) is -0.696. The minimum Gasteiger partial charge on any atom is -0.494 e. The summed E-state index contributed by atoms with van der Waals surface area (Å²) < 4.78 is 6.92. The second kappa shape index (κ2) is 11.4. The minimum atomic E-state index is -0.605. The summed E-state index contributed by atoms with van der Waals surface area (Å²) in [6.45, 7) is 1.79. The number of methoxy groups -OCH3 is 1. The van der Waals surface area contributed by atoms with Crippen LogP contribution in [0.25, 0.3) is 0 Å². The molecule has 0 fully saturated rings. The second-order valence-corrected chi connectivity index (χ2v) is 9.87. The number of anilines is 2. The molecule has 38 heavy (non-hydrogen) atoms. The Hall–Kier alpha value is -3.71. The van der Waals surface area contributed by atoms with Crippen LogP contribution in [-0.4, -0.2) is 38.4 Å². The summed E-state index contributed by atoms with van der Waals surface area (Å²) in [5, 5.41) is 18.8. The van der Waals surface area contributed by atoms with Gasteiger partial charge in [-0.15, -0.1) is 11.3 Å². The van der Waals surface area contributed by atoms with Crippen LogP contribution in [0.1, 0.15) is 31.4 Å². The van der Waals surface area contributed by atoms with Crippen molar-refractivity contribution < 1.29 is 19.2 Å². The zero-order valence-corrected chi connectivity index (χ0v) is 22.7. The summed E-state index contributed by atoms with van der Waals surface area (Å²) in [7, 11) is 1.37. The molecule has 2 N–H and O–H groups in total. The number of ether oxygens (including phenoxy) is 1. The molecule has 0 saturated heterocycles. The van der Waals surface area contributed by atoms with Crippen LogP contribution >= 0.6 is 46.1 Å². The number of benzene rings is 1. The molecule has 0 aliphatic heterocycles. The number of carbonyl (C=O) groups excluding carboxylic acids is 2. The summed E-state index contributed by atoms with van der Waals surface area (Å²) >= 11 is 19.6. The lowest BCUT2D eigenvalue weighted by Gasteiger charge is -2.15. The number of carbonyl (C=O) groups is 2. The number of rotatable bonds is 8. The molecule has 0 atom stereocenters. The van der Waals surface area contributed by atoms with Crippen LogP contribution in [0.15, 0.2) is 42.0 Å². The number of halogens is 3. The van der Waals surface area contributed by atoms with E-state index in [1.54, 1.807) is 22.9 Å². The maximum Gasteiger partial charge on any atom is 0.381 e. The number of thiophene rings is 1. The summed E-state index contributed by atoms with van der Waals surface area (Å²) in [4.78, 5) is 44.8. The first kappa shape index (κ1) is 27.3.